The van der Waals surface area contributed by atoms with E-state index in [1.807, 2.05) is 11.0 Å². The first-order chi connectivity index (χ1) is 6.24. The molecule has 1 aliphatic rings. The van der Waals surface area contributed by atoms with Gasteiger partial charge < -0.3 is 4.90 Å². The van der Waals surface area contributed by atoms with Gasteiger partial charge in [0.15, 0.2) is 0 Å². The van der Waals surface area contributed by atoms with E-state index in [1.54, 1.807) is 0 Å². The molecular weight excluding hydrogens is 164 g/mol. The Bertz CT molecular complexity index is 263. The van der Waals surface area contributed by atoms with E-state index in [0.717, 1.165) is 19.5 Å². The Kier molecular flexibility index (Phi) is 3.51. The molecule has 1 amide bonds. The summed E-state index contributed by atoms with van der Waals surface area (Å²) in [5, 5.41) is 8.32. The number of carbonyl (C=O) groups excluding carboxylic acids is 1. The third-order valence-electron chi connectivity index (χ3n) is 2.24. The average molecular weight is 178 g/mol. The lowest BCUT2D eigenvalue weighted by molar-refractivity contribution is -0.130. The molecule has 0 aliphatic carbocycles. The lowest BCUT2D eigenvalue weighted by Crippen LogP contribution is -2.34. The van der Waals surface area contributed by atoms with Gasteiger partial charge in [-0.3, -0.25) is 4.79 Å². The van der Waals surface area contributed by atoms with Crippen LogP contribution < -0.4 is 0 Å². The van der Waals surface area contributed by atoms with E-state index < -0.39 is 0 Å². The van der Waals surface area contributed by atoms with Crippen molar-refractivity contribution >= 4 is 5.91 Å². The van der Waals surface area contributed by atoms with Gasteiger partial charge >= 0.3 is 0 Å². The second-order valence-electron chi connectivity index (χ2n) is 3.30. The Morgan fingerprint density at radius 3 is 3.08 bits per heavy atom. The van der Waals surface area contributed by atoms with Crippen LogP contribution in [0.25, 0.3) is 0 Å². The molecule has 0 atom stereocenters. The first-order valence-electron chi connectivity index (χ1n) is 4.54. The van der Waals surface area contributed by atoms with Crippen LogP contribution in [0.3, 0.4) is 0 Å². The van der Waals surface area contributed by atoms with Gasteiger partial charge in [-0.25, -0.2) is 0 Å². The largest absolute Gasteiger partial charge is 0.339 e. The van der Waals surface area contributed by atoms with Crippen molar-refractivity contribution in [3.8, 4) is 6.07 Å². The standard InChI is InChI=1S/C10H14N2O/c1-9-4-7-12(8-5-9)10(13)3-2-6-11/h4H,2-3,5,7-8H2,1H3. The van der Waals surface area contributed by atoms with Crippen LogP contribution >= 0.6 is 0 Å². The maximum absolute atomic E-state index is 11.4. The first-order valence-corrected chi connectivity index (χ1v) is 4.54. The molecule has 13 heavy (non-hydrogen) atoms. The summed E-state index contributed by atoms with van der Waals surface area (Å²) in [6, 6.07) is 1.98. The van der Waals surface area contributed by atoms with E-state index in [9.17, 15) is 4.79 Å². The summed E-state index contributed by atoms with van der Waals surface area (Å²) < 4.78 is 0. The van der Waals surface area contributed by atoms with Gasteiger partial charge in [-0.15, -0.1) is 0 Å². The van der Waals surface area contributed by atoms with Crippen LogP contribution in [-0.2, 0) is 4.79 Å². The fraction of sp³-hybridized carbons (Fsp3) is 0.600. The third-order valence-corrected chi connectivity index (χ3v) is 2.24. The molecule has 70 valence electrons. The summed E-state index contributed by atoms with van der Waals surface area (Å²) in [5.74, 6) is 0.102. The van der Waals surface area contributed by atoms with Gasteiger partial charge in [-0.05, 0) is 13.3 Å². The zero-order valence-corrected chi connectivity index (χ0v) is 7.92. The van der Waals surface area contributed by atoms with Gasteiger partial charge in [0.25, 0.3) is 0 Å². The van der Waals surface area contributed by atoms with Crippen LogP contribution in [0, 0.1) is 11.3 Å². The second-order valence-corrected chi connectivity index (χ2v) is 3.30. The fourth-order valence-corrected chi connectivity index (χ4v) is 1.32. The van der Waals surface area contributed by atoms with Crippen molar-refractivity contribution < 1.29 is 4.79 Å². The van der Waals surface area contributed by atoms with Crippen LogP contribution in [-0.4, -0.2) is 23.9 Å². The van der Waals surface area contributed by atoms with Crippen LogP contribution in [0.1, 0.15) is 26.2 Å². The number of amides is 1. The van der Waals surface area contributed by atoms with Crippen molar-refractivity contribution in [1.82, 2.24) is 4.90 Å². The van der Waals surface area contributed by atoms with Crippen LogP contribution in [0.5, 0.6) is 0 Å². The molecule has 0 aromatic heterocycles. The van der Waals surface area contributed by atoms with Crippen LogP contribution in [0.4, 0.5) is 0 Å². The monoisotopic (exact) mass is 178 g/mol. The molecular formula is C10H14N2O. The molecule has 0 spiro atoms. The maximum Gasteiger partial charge on any atom is 0.223 e. The summed E-state index contributed by atoms with van der Waals surface area (Å²) in [6.45, 7) is 3.61. The SMILES string of the molecule is CC1=CCN(C(=O)CCC#N)CC1. The molecule has 0 fully saturated rings. The predicted molar refractivity (Wildman–Crippen MR) is 49.8 cm³/mol. The minimum Gasteiger partial charge on any atom is -0.339 e. The second kappa shape index (κ2) is 4.66. The highest BCUT2D eigenvalue weighted by molar-refractivity contribution is 5.76. The Morgan fingerprint density at radius 2 is 2.54 bits per heavy atom. The molecule has 0 N–H and O–H groups in total. The highest BCUT2D eigenvalue weighted by Gasteiger charge is 2.14. The molecule has 1 aliphatic heterocycles. The number of hydrogen-bond acceptors (Lipinski definition) is 2. The van der Waals surface area contributed by atoms with E-state index >= 15 is 0 Å². The highest BCUT2D eigenvalue weighted by atomic mass is 16.2. The average Bonchev–Trinajstić information content (AvgIpc) is 2.15. The molecule has 0 bridgehead atoms. The lowest BCUT2D eigenvalue weighted by atomic mass is 10.1. The van der Waals surface area contributed by atoms with Gasteiger partial charge in [0.1, 0.15) is 0 Å². The molecule has 0 unspecified atom stereocenters. The quantitative estimate of drug-likeness (QED) is 0.601. The molecule has 0 radical (unpaired) electrons. The molecule has 3 heteroatoms. The Hall–Kier alpha value is -1.30. The van der Waals surface area contributed by atoms with Crippen LogP contribution in [0.15, 0.2) is 11.6 Å². The number of nitriles is 1. The smallest absolute Gasteiger partial charge is 0.223 e. The summed E-state index contributed by atoms with van der Waals surface area (Å²) in [7, 11) is 0. The zero-order chi connectivity index (χ0) is 9.68. The lowest BCUT2D eigenvalue weighted by Gasteiger charge is -2.25. The Balaban J connectivity index is 2.38. The summed E-state index contributed by atoms with van der Waals surface area (Å²) >= 11 is 0. The van der Waals surface area contributed by atoms with Gasteiger partial charge in [-0.2, -0.15) is 5.26 Å². The molecule has 1 rings (SSSR count). The van der Waals surface area contributed by atoms with Crippen molar-refractivity contribution in [3.05, 3.63) is 11.6 Å². The van der Waals surface area contributed by atoms with Crippen molar-refractivity contribution in [3.63, 3.8) is 0 Å². The van der Waals surface area contributed by atoms with Gasteiger partial charge in [0.2, 0.25) is 5.91 Å². The highest BCUT2D eigenvalue weighted by Crippen LogP contribution is 2.10. The third kappa shape index (κ3) is 2.90. The van der Waals surface area contributed by atoms with E-state index in [0.29, 0.717) is 12.8 Å². The molecule has 3 nitrogen and oxygen atoms in total. The number of hydrogen-bond donors (Lipinski definition) is 0. The number of rotatable bonds is 2. The van der Waals surface area contributed by atoms with Gasteiger partial charge in [-0.1, -0.05) is 11.6 Å². The van der Waals surface area contributed by atoms with Gasteiger partial charge in [0, 0.05) is 25.9 Å². The first kappa shape index (κ1) is 9.79. The number of nitrogens with zero attached hydrogens (tertiary/aromatic N) is 2. The van der Waals surface area contributed by atoms with Gasteiger partial charge in [0.05, 0.1) is 6.07 Å². The minimum absolute atomic E-state index is 0.102. The molecule has 0 saturated heterocycles. The minimum atomic E-state index is 0.102. The van der Waals surface area contributed by atoms with Crippen molar-refractivity contribution in [2.24, 2.45) is 0 Å². The fourth-order valence-electron chi connectivity index (χ4n) is 1.32. The van der Waals surface area contributed by atoms with E-state index in [-0.39, 0.29) is 5.91 Å². The Labute approximate surface area is 78.6 Å². The molecule has 0 aromatic rings. The molecule has 0 aromatic carbocycles. The summed E-state index contributed by atoms with van der Waals surface area (Å²) in [6.07, 6.45) is 3.74. The topological polar surface area (TPSA) is 44.1 Å². The Morgan fingerprint density at radius 1 is 1.77 bits per heavy atom. The predicted octanol–water partition coefficient (Wildman–Crippen LogP) is 1.47. The van der Waals surface area contributed by atoms with Crippen molar-refractivity contribution in [1.29, 1.82) is 5.26 Å². The normalized spacial score (nSPS) is 16.3. The van der Waals surface area contributed by atoms with E-state index in [1.165, 1.54) is 5.57 Å². The van der Waals surface area contributed by atoms with Crippen molar-refractivity contribution in [2.75, 3.05) is 13.1 Å². The summed E-state index contributed by atoms with van der Waals surface area (Å²) in [4.78, 5) is 13.2. The number of carbonyl (C=O) groups is 1. The zero-order valence-electron chi connectivity index (χ0n) is 7.92. The molecule has 0 saturated carbocycles. The molecule has 1 heterocycles. The van der Waals surface area contributed by atoms with E-state index in [4.69, 9.17) is 5.26 Å². The maximum atomic E-state index is 11.4. The van der Waals surface area contributed by atoms with Crippen LogP contribution in [0.2, 0.25) is 0 Å². The van der Waals surface area contributed by atoms with E-state index in [2.05, 4.69) is 13.0 Å². The summed E-state index contributed by atoms with van der Waals surface area (Å²) in [5.41, 5.74) is 1.35. The van der Waals surface area contributed by atoms with Crippen molar-refractivity contribution in [2.45, 2.75) is 26.2 Å².